The summed E-state index contributed by atoms with van der Waals surface area (Å²) >= 11 is 5.72. The van der Waals surface area contributed by atoms with Crippen molar-refractivity contribution in [3.8, 4) is 11.3 Å². The van der Waals surface area contributed by atoms with Crippen molar-refractivity contribution >= 4 is 17.2 Å². The van der Waals surface area contributed by atoms with Crippen molar-refractivity contribution in [1.29, 1.82) is 0 Å². The molecule has 0 aliphatic rings. The van der Waals surface area contributed by atoms with Gasteiger partial charge in [0.15, 0.2) is 0 Å². The van der Waals surface area contributed by atoms with Gasteiger partial charge >= 0.3 is 6.18 Å². The van der Waals surface area contributed by atoms with Gasteiger partial charge < -0.3 is 4.40 Å². The van der Waals surface area contributed by atoms with Crippen LogP contribution in [0.4, 0.5) is 13.2 Å². The smallest absolute Gasteiger partial charge is 0.306 e. The van der Waals surface area contributed by atoms with Gasteiger partial charge in [-0.1, -0.05) is 0 Å². The van der Waals surface area contributed by atoms with Crippen molar-refractivity contribution in [3.05, 3.63) is 51.9 Å². The van der Waals surface area contributed by atoms with Crippen molar-refractivity contribution in [3.63, 3.8) is 0 Å². The molecule has 3 aromatic heterocycles. The van der Waals surface area contributed by atoms with Crippen molar-refractivity contribution in [2.45, 2.75) is 6.18 Å². The Hall–Kier alpha value is -2.35. The van der Waals surface area contributed by atoms with E-state index in [0.717, 1.165) is 16.7 Å². The summed E-state index contributed by atoms with van der Waals surface area (Å²) in [6.07, 6.45) is -0.507. The van der Waals surface area contributed by atoms with Crippen LogP contribution < -0.4 is 5.56 Å². The van der Waals surface area contributed by atoms with Gasteiger partial charge in [-0.25, -0.2) is 9.97 Å². The monoisotopic (exact) mass is 328 g/mol. The van der Waals surface area contributed by atoms with Gasteiger partial charge in [-0.3, -0.25) is 9.36 Å². The molecule has 3 heterocycles. The lowest BCUT2D eigenvalue weighted by Gasteiger charge is -2.05. The first-order chi connectivity index (χ1) is 10.3. The van der Waals surface area contributed by atoms with Crippen molar-refractivity contribution < 1.29 is 13.2 Å². The Balaban J connectivity index is 2.18. The maximum Gasteiger partial charge on any atom is 0.416 e. The van der Waals surface area contributed by atoms with Gasteiger partial charge in [0.2, 0.25) is 5.28 Å². The van der Waals surface area contributed by atoms with Gasteiger partial charge in [0.05, 0.1) is 16.8 Å². The highest BCUT2D eigenvalue weighted by Crippen LogP contribution is 2.30. The molecule has 0 radical (unpaired) electrons. The Morgan fingerprint density at radius 1 is 1.32 bits per heavy atom. The molecule has 0 saturated carbocycles. The zero-order valence-electron chi connectivity index (χ0n) is 11.1. The lowest BCUT2D eigenvalue weighted by Crippen LogP contribution is -2.20. The third kappa shape index (κ3) is 2.35. The minimum atomic E-state index is -4.45. The first kappa shape index (κ1) is 14.6. The largest absolute Gasteiger partial charge is 0.416 e. The highest BCUT2D eigenvalue weighted by atomic mass is 35.5. The summed E-state index contributed by atoms with van der Waals surface area (Å²) in [5.41, 5.74) is -0.770. The van der Waals surface area contributed by atoms with E-state index in [1.54, 1.807) is 0 Å². The number of alkyl halides is 3. The minimum Gasteiger partial charge on any atom is -0.306 e. The Labute approximate surface area is 126 Å². The fraction of sp³-hybridized carbons (Fsp3) is 0.154. The number of halogens is 4. The molecule has 0 atom stereocenters. The van der Waals surface area contributed by atoms with Crippen molar-refractivity contribution in [1.82, 2.24) is 18.9 Å². The molecule has 0 aliphatic heterocycles. The number of imidazole rings is 1. The van der Waals surface area contributed by atoms with E-state index in [4.69, 9.17) is 11.6 Å². The van der Waals surface area contributed by atoms with E-state index in [9.17, 15) is 18.0 Å². The fourth-order valence-electron chi connectivity index (χ4n) is 1.99. The van der Waals surface area contributed by atoms with Gasteiger partial charge in [-0.15, -0.1) is 0 Å². The van der Waals surface area contributed by atoms with Gasteiger partial charge in [-0.05, 0) is 23.7 Å². The highest BCUT2D eigenvalue weighted by Gasteiger charge is 2.30. The maximum atomic E-state index is 12.7. The summed E-state index contributed by atoms with van der Waals surface area (Å²) in [5, 5.41) is 0.0110. The summed E-state index contributed by atoms with van der Waals surface area (Å²) in [7, 11) is 1.44. The van der Waals surface area contributed by atoms with Crippen LogP contribution in [0.15, 0.2) is 35.5 Å². The molecule has 0 spiro atoms. The molecule has 3 rings (SSSR count). The zero-order chi connectivity index (χ0) is 16.1. The minimum absolute atomic E-state index is 0.0110. The molecule has 3 aromatic rings. The van der Waals surface area contributed by atoms with Gasteiger partial charge in [0, 0.05) is 25.6 Å². The first-order valence-corrected chi connectivity index (χ1v) is 6.43. The normalized spacial score (nSPS) is 12.0. The molecule has 5 nitrogen and oxygen atoms in total. The molecule has 0 aromatic carbocycles. The lowest BCUT2D eigenvalue weighted by molar-refractivity contribution is -0.137. The topological polar surface area (TPSA) is 52.2 Å². The molecule has 0 aliphatic carbocycles. The summed E-state index contributed by atoms with van der Waals surface area (Å²) in [6, 6.07) is 1.86. The van der Waals surface area contributed by atoms with Crippen LogP contribution in [-0.4, -0.2) is 18.9 Å². The molecule has 0 fully saturated rings. The van der Waals surface area contributed by atoms with E-state index >= 15 is 0 Å². The Morgan fingerprint density at radius 3 is 2.73 bits per heavy atom. The van der Waals surface area contributed by atoms with Crippen molar-refractivity contribution in [2.75, 3.05) is 0 Å². The van der Waals surface area contributed by atoms with E-state index in [1.807, 2.05) is 0 Å². The number of nitrogens with zero attached hydrogens (tertiary/aromatic N) is 4. The van der Waals surface area contributed by atoms with Crippen LogP contribution in [0, 0.1) is 0 Å². The SMILES string of the molecule is Cn1c(Cl)ncc(-c2cn3ccc(C(F)(F)F)cc3n2)c1=O. The molecule has 114 valence electrons. The third-order valence-electron chi connectivity index (χ3n) is 3.18. The quantitative estimate of drug-likeness (QED) is 0.645. The number of aromatic nitrogens is 4. The molecule has 0 N–H and O–H groups in total. The number of rotatable bonds is 1. The molecule has 0 amide bonds. The Kier molecular flexibility index (Phi) is 3.21. The molecule has 0 bridgehead atoms. The second-order valence-corrected chi connectivity index (χ2v) is 4.95. The predicted octanol–water partition coefficient (Wildman–Crippen LogP) is 2.77. The Bertz CT molecular complexity index is 929. The van der Waals surface area contributed by atoms with Crippen LogP contribution >= 0.6 is 11.6 Å². The van der Waals surface area contributed by atoms with E-state index < -0.39 is 17.3 Å². The molecule has 9 heteroatoms. The third-order valence-corrected chi connectivity index (χ3v) is 3.53. The predicted molar refractivity (Wildman–Crippen MR) is 73.7 cm³/mol. The van der Waals surface area contributed by atoms with Gasteiger partial charge in [0.25, 0.3) is 5.56 Å². The highest BCUT2D eigenvalue weighted by molar-refractivity contribution is 6.28. The number of fused-ring (bicyclic) bond motifs is 1. The zero-order valence-corrected chi connectivity index (χ0v) is 11.9. The van der Waals surface area contributed by atoms with Crippen LogP contribution in [0.2, 0.25) is 5.28 Å². The maximum absolute atomic E-state index is 12.7. The second-order valence-electron chi connectivity index (χ2n) is 4.61. The average Bonchev–Trinajstić information content (AvgIpc) is 2.86. The van der Waals surface area contributed by atoms with E-state index in [1.165, 1.54) is 30.0 Å². The number of pyridine rings is 1. The summed E-state index contributed by atoms with van der Waals surface area (Å²) in [4.78, 5) is 20.0. The lowest BCUT2D eigenvalue weighted by atomic mass is 10.2. The fourth-order valence-corrected chi connectivity index (χ4v) is 2.11. The van der Waals surface area contributed by atoms with E-state index in [2.05, 4.69) is 9.97 Å². The molecule has 0 saturated heterocycles. The molecule has 22 heavy (non-hydrogen) atoms. The van der Waals surface area contributed by atoms with E-state index in [0.29, 0.717) is 0 Å². The second kappa shape index (κ2) is 4.84. The number of hydrogen-bond donors (Lipinski definition) is 0. The Morgan fingerprint density at radius 2 is 2.05 bits per heavy atom. The van der Waals surface area contributed by atoms with Crippen LogP contribution in [0.3, 0.4) is 0 Å². The summed E-state index contributed by atoms with van der Waals surface area (Å²) < 4.78 is 40.6. The van der Waals surface area contributed by atoms with Crippen LogP contribution in [0.5, 0.6) is 0 Å². The van der Waals surface area contributed by atoms with Gasteiger partial charge in [0.1, 0.15) is 5.65 Å². The van der Waals surface area contributed by atoms with E-state index in [-0.39, 0.29) is 22.2 Å². The van der Waals surface area contributed by atoms with Crippen LogP contribution in [0.1, 0.15) is 5.56 Å². The average molecular weight is 329 g/mol. The molecular formula is C13H8ClF3N4O. The molecular weight excluding hydrogens is 321 g/mol. The standard InChI is InChI=1S/C13H8ClF3N4O/c1-20-11(22)8(5-18-12(20)14)9-6-21-3-2-7(13(15,16)17)4-10(21)19-9/h2-6H,1H3. The van der Waals surface area contributed by atoms with Crippen LogP contribution in [0.25, 0.3) is 16.9 Å². The van der Waals surface area contributed by atoms with Gasteiger partial charge in [-0.2, -0.15) is 13.2 Å². The van der Waals surface area contributed by atoms with Crippen LogP contribution in [-0.2, 0) is 13.2 Å². The molecule has 0 unspecified atom stereocenters. The first-order valence-electron chi connectivity index (χ1n) is 6.05. The van der Waals surface area contributed by atoms with Crippen molar-refractivity contribution in [2.24, 2.45) is 7.05 Å². The number of hydrogen-bond acceptors (Lipinski definition) is 3. The summed E-state index contributed by atoms with van der Waals surface area (Å²) in [6.45, 7) is 0. The summed E-state index contributed by atoms with van der Waals surface area (Å²) in [5.74, 6) is 0.